The maximum atomic E-state index is 12.1. The number of amides is 1. The number of halogens is 1. The van der Waals surface area contributed by atoms with Crippen LogP contribution in [-0.4, -0.2) is 37.0 Å². The van der Waals surface area contributed by atoms with Crippen LogP contribution in [0.2, 0.25) is 0 Å². The first-order valence-electron chi connectivity index (χ1n) is 6.30. The smallest absolute Gasteiger partial charge is 0.226 e. The van der Waals surface area contributed by atoms with Crippen molar-refractivity contribution in [1.82, 2.24) is 10.2 Å². The summed E-state index contributed by atoms with van der Waals surface area (Å²) in [6, 6.07) is 0. The van der Waals surface area contributed by atoms with Gasteiger partial charge in [-0.1, -0.05) is 13.3 Å². The summed E-state index contributed by atoms with van der Waals surface area (Å²) in [5.74, 6) is 1.41. The molecule has 0 saturated carbocycles. The lowest BCUT2D eigenvalue weighted by atomic mass is 9.98. The lowest BCUT2D eigenvalue weighted by Gasteiger charge is -2.26. The van der Waals surface area contributed by atoms with Crippen LogP contribution < -0.4 is 5.32 Å². The number of nitrogens with zero attached hydrogens (tertiary/aromatic N) is 1. The van der Waals surface area contributed by atoms with Crippen molar-refractivity contribution < 1.29 is 4.79 Å². The maximum absolute atomic E-state index is 12.1. The first kappa shape index (κ1) is 13.8. The topological polar surface area (TPSA) is 32.3 Å². The minimum absolute atomic E-state index is 0. The number of hydrogen-bond donors (Lipinski definition) is 1. The molecule has 0 aromatic heterocycles. The highest BCUT2D eigenvalue weighted by Crippen LogP contribution is 2.22. The molecule has 2 aliphatic rings. The predicted molar refractivity (Wildman–Crippen MR) is 67.8 cm³/mol. The summed E-state index contributed by atoms with van der Waals surface area (Å²) in [6.07, 6.45) is 4.66. The molecule has 2 aliphatic heterocycles. The van der Waals surface area contributed by atoms with Crippen molar-refractivity contribution in [3.05, 3.63) is 0 Å². The number of likely N-dealkylation sites (tertiary alicyclic amines) is 1. The summed E-state index contributed by atoms with van der Waals surface area (Å²) >= 11 is 0. The molecule has 1 N–H and O–H groups in total. The van der Waals surface area contributed by atoms with E-state index >= 15 is 0 Å². The van der Waals surface area contributed by atoms with Gasteiger partial charge in [-0.05, 0) is 31.7 Å². The number of piperidine rings is 1. The third kappa shape index (κ3) is 3.11. The monoisotopic (exact) mass is 246 g/mol. The summed E-state index contributed by atoms with van der Waals surface area (Å²) in [7, 11) is 0. The van der Waals surface area contributed by atoms with E-state index in [-0.39, 0.29) is 18.3 Å². The zero-order chi connectivity index (χ0) is 10.7. The van der Waals surface area contributed by atoms with E-state index in [1.807, 2.05) is 0 Å². The molecule has 0 aromatic carbocycles. The molecule has 0 aromatic rings. The van der Waals surface area contributed by atoms with Crippen molar-refractivity contribution in [3.63, 3.8) is 0 Å². The van der Waals surface area contributed by atoms with Crippen molar-refractivity contribution in [2.45, 2.75) is 32.6 Å². The molecule has 1 unspecified atom stereocenters. The second kappa shape index (κ2) is 6.45. The predicted octanol–water partition coefficient (Wildman–Crippen LogP) is 1.67. The molecule has 2 heterocycles. The molecule has 0 radical (unpaired) electrons. The number of nitrogens with one attached hydrogen (secondary N) is 1. The van der Waals surface area contributed by atoms with E-state index in [0.29, 0.717) is 5.91 Å². The molecular formula is C12H23ClN2O. The van der Waals surface area contributed by atoms with Gasteiger partial charge in [-0.2, -0.15) is 0 Å². The van der Waals surface area contributed by atoms with Gasteiger partial charge < -0.3 is 10.2 Å². The molecule has 0 spiro atoms. The normalized spacial score (nSPS) is 29.9. The lowest BCUT2D eigenvalue weighted by Crippen LogP contribution is -2.42. The molecule has 2 saturated heterocycles. The van der Waals surface area contributed by atoms with Gasteiger partial charge in [-0.3, -0.25) is 4.79 Å². The summed E-state index contributed by atoms with van der Waals surface area (Å²) in [4.78, 5) is 14.2. The fourth-order valence-electron chi connectivity index (χ4n) is 2.69. The molecule has 2 atom stereocenters. The van der Waals surface area contributed by atoms with Crippen molar-refractivity contribution >= 4 is 18.3 Å². The van der Waals surface area contributed by atoms with Crippen molar-refractivity contribution in [1.29, 1.82) is 0 Å². The van der Waals surface area contributed by atoms with Gasteiger partial charge in [-0.15, -0.1) is 12.4 Å². The highest BCUT2D eigenvalue weighted by Gasteiger charge is 2.30. The Morgan fingerprint density at radius 1 is 1.44 bits per heavy atom. The van der Waals surface area contributed by atoms with Crippen LogP contribution in [0.25, 0.3) is 0 Å². The van der Waals surface area contributed by atoms with Crippen LogP contribution in [0.5, 0.6) is 0 Å². The van der Waals surface area contributed by atoms with Crippen molar-refractivity contribution in [3.8, 4) is 0 Å². The Bertz CT molecular complexity index is 229. The second-order valence-corrected chi connectivity index (χ2v) is 4.89. The van der Waals surface area contributed by atoms with Gasteiger partial charge in [0.25, 0.3) is 0 Å². The van der Waals surface area contributed by atoms with Gasteiger partial charge in [0.05, 0.1) is 5.92 Å². The van der Waals surface area contributed by atoms with E-state index in [0.717, 1.165) is 44.9 Å². The quantitative estimate of drug-likeness (QED) is 0.804. The Hall–Kier alpha value is -0.280. The fraction of sp³-hybridized carbons (Fsp3) is 0.917. The minimum atomic E-state index is 0. The molecule has 2 rings (SSSR count). The van der Waals surface area contributed by atoms with E-state index in [1.54, 1.807) is 0 Å². The molecule has 0 bridgehead atoms. The molecule has 0 aliphatic carbocycles. The third-order valence-corrected chi connectivity index (χ3v) is 3.82. The Kier molecular flexibility index (Phi) is 5.56. The van der Waals surface area contributed by atoms with Gasteiger partial charge in [0.15, 0.2) is 0 Å². The summed E-state index contributed by atoms with van der Waals surface area (Å²) in [5, 5.41) is 3.32. The van der Waals surface area contributed by atoms with Gasteiger partial charge in [0.1, 0.15) is 0 Å². The van der Waals surface area contributed by atoms with Crippen LogP contribution in [0.15, 0.2) is 0 Å². The standard InChI is InChI=1S/C12H22N2O.ClH/c1-2-10-5-7-14(9-10)12(15)11-4-3-6-13-8-11;/h10-11,13H,2-9H2,1H3;1H/t10?,11-;/m1./s1. The van der Waals surface area contributed by atoms with Crippen molar-refractivity contribution in [2.75, 3.05) is 26.2 Å². The van der Waals surface area contributed by atoms with E-state index < -0.39 is 0 Å². The Morgan fingerprint density at radius 2 is 2.25 bits per heavy atom. The number of hydrogen-bond acceptors (Lipinski definition) is 2. The zero-order valence-electron chi connectivity index (χ0n) is 10.1. The van der Waals surface area contributed by atoms with Crippen LogP contribution in [-0.2, 0) is 4.79 Å². The van der Waals surface area contributed by atoms with E-state index in [1.165, 1.54) is 12.8 Å². The average Bonchev–Trinajstić information content (AvgIpc) is 2.78. The highest BCUT2D eigenvalue weighted by molar-refractivity contribution is 5.85. The van der Waals surface area contributed by atoms with Crippen LogP contribution in [0.1, 0.15) is 32.6 Å². The molecule has 16 heavy (non-hydrogen) atoms. The SMILES string of the molecule is CCC1CCN(C(=O)[C@@H]2CCCNC2)C1.Cl. The van der Waals surface area contributed by atoms with Crippen molar-refractivity contribution in [2.24, 2.45) is 11.8 Å². The Balaban J connectivity index is 0.00000128. The van der Waals surface area contributed by atoms with Gasteiger partial charge in [0.2, 0.25) is 5.91 Å². The Morgan fingerprint density at radius 3 is 2.81 bits per heavy atom. The number of carbonyl (C=O) groups is 1. The summed E-state index contributed by atoms with van der Waals surface area (Å²) in [5.41, 5.74) is 0. The van der Waals surface area contributed by atoms with E-state index in [9.17, 15) is 4.79 Å². The van der Waals surface area contributed by atoms with Crippen LogP contribution in [0, 0.1) is 11.8 Å². The Labute approximate surface area is 104 Å². The third-order valence-electron chi connectivity index (χ3n) is 3.82. The molecule has 3 nitrogen and oxygen atoms in total. The molecule has 4 heteroatoms. The van der Waals surface area contributed by atoms with Gasteiger partial charge in [-0.25, -0.2) is 0 Å². The van der Waals surface area contributed by atoms with E-state index in [2.05, 4.69) is 17.1 Å². The summed E-state index contributed by atoms with van der Waals surface area (Å²) < 4.78 is 0. The van der Waals surface area contributed by atoms with Crippen LogP contribution in [0.3, 0.4) is 0 Å². The number of rotatable bonds is 2. The fourth-order valence-corrected chi connectivity index (χ4v) is 2.69. The minimum Gasteiger partial charge on any atom is -0.342 e. The first-order valence-corrected chi connectivity index (χ1v) is 6.30. The molecule has 94 valence electrons. The number of carbonyl (C=O) groups excluding carboxylic acids is 1. The van der Waals surface area contributed by atoms with Gasteiger partial charge >= 0.3 is 0 Å². The average molecular weight is 247 g/mol. The molecular weight excluding hydrogens is 224 g/mol. The van der Waals surface area contributed by atoms with Crippen LogP contribution in [0.4, 0.5) is 0 Å². The summed E-state index contributed by atoms with van der Waals surface area (Å²) in [6.45, 7) is 6.20. The largest absolute Gasteiger partial charge is 0.342 e. The van der Waals surface area contributed by atoms with Gasteiger partial charge in [0, 0.05) is 19.6 Å². The second-order valence-electron chi connectivity index (χ2n) is 4.89. The zero-order valence-corrected chi connectivity index (χ0v) is 10.9. The maximum Gasteiger partial charge on any atom is 0.226 e. The highest BCUT2D eigenvalue weighted by atomic mass is 35.5. The lowest BCUT2D eigenvalue weighted by molar-refractivity contribution is -0.135. The van der Waals surface area contributed by atoms with E-state index in [4.69, 9.17) is 0 Å². The first-order chi connectivity index (χ1) is 7.31. The molecule has 2 fully saturated rings. The van der Waals surface area contributed by atoms with Crippen LogP contribution >= 0.6 is 12.4 Å². The molecule has 1 amide bonds.